The van der Waals surface area contributed by atoms with Crippen LogP contribution in [0.3, 0.4) is 0 Å². The first-order valence-electron chi connectivity index (χ1n) is 11.6. The summed E-state index contributed by atoms with van der Waals surface area (Å²) in [5.74, 6) is 0.417. The van der Waals surface area contributed by atoms with Gasteiger partial charge in [0.25, 0.3) is 0 Å². The van der Waals surface area contributed by atoms with Crippen molar-refractivity contribution in [3.8, 4) is 11.3 Å². The number of benzene rings is 3. The number of aliphatic hydroxyl groups excluding tert-OH is 1. The summed E-state index contributed by atoms with van der Waals surface area (Å²) in [6.45, 7) is 13.5. The van der Waals surface area contributed by atoms with Gasteiger partial charge < -0.3 is 10.1 Å². The summed E-state index contributed by atoms with van der Waals surface area (Å²) in [5.41, 5.74) is 2.67. The van der Waals surface area contributed by atoms with Crippen LogP contribution in [0, 0.1) is 23.8 Å². The molecule has 4 heteroatoms. The number of hydrogen-bond acceptors (Lipinski definition) is 2. The fourth-order valence-electron chi connectivity index (χ4n) is 3.43. The first-order valence-corrected chi connectivity index (χ1v) is 11.6. The number of ketones is 1. The Labute approximate surface area is 222 Å². The van der Waals surface area contributed by atoms with Gasteiger partial charge >= 0.3 is 5.78 Å². The molecule has 1 heterocycles. The Morgan fingerprint density at radius 1 is 0.886 bits per heavy atom. The molecule has 35 heavy (non-hydrogen) atoms. The van der Waals surface area contributed by atoms with Crippen LogP contribution in [-0.4, -0.2) is 20.7 Å². The molecule has 0 spiro atoms. The normalized spacial score (nSPS) is 12.0. The van der Waals surface area contributed by atoms with Crippen molar-refractivity contribution >= 4 is 27.3 Å². The maximum atomic E-state index is 9.60. The maximum absolute atomic E-state index is 9.60. The van der Waals surface area contributed by atoms with Crippen molar-refractivity contribution in [3.05, 3.63) is 90.3 Å². The number of aryl methyl sites for hydroxylation is 1. The molecule has 0 amide bonds. The van der Waals surface area contributed by atoms with E-state index in [0.717, 1.165) is 11.3 Å². The first-order chi connectivity index (χ1) is 15.9. The van der Waals surface area contributed by atoms with E-state index in [1.165, 1.54) is 33.2 Å². The zero-order chi connectivity index (χ0) is 25.1. The summed E-state index contributed by atoms with van der Waals surface area (Å²) in [7, 11) is 0. The molecular formula is C31H35IrNO2. The van der Waals surface area contributed by atoms with E-state index in [0.29, 0.717) is 0 Å². The Balaban J connectivity index is 0.000000271. The average molecular weight is 646 g/mol. The fraction of sp³-hybridized carbons (Fsp3) is 0.290. The number of aromatic nitrogens is 1. The summed E-state index contributed by atoms with van der Waals surface area (Å²) in [6, 6.07) is 24.4. The van der Waals surface area contributed by atoms with Crippen LogP contribution in [0.25, 0.3) is 32.8 Å². The minimum Gasteiger partial charge on any atom is -0.511 e. The van der Waals surface area contributed by atoms with Crippen LogP contribution < -0.4 is 0 Å². The molecule has 0 saturated carbocycles. The monoisotopic (exact) mass is 646 g/mol. The van der Waals surface area contributed by atoms with Gasteiger partial charge in [-0.3, -0.25) is 4.79 Å². The molecule has 0 aliphatic heterocycles. The summed E-state index contributed by atoms with van der Waals surface area (Å²) < 4.78 is 0. The van der Waals surface area contributed by atoms with Crippen LogP contribution in [0.1, 0.15) is 47.1 Å². The van der Waals surface area contributed by atoms with Gasteiger partial charge in [0.2, 0.25) is 0 Å². The summed E-state index contributed by atoms with van der Waals surface area (Å²) in [5, 5.41) is 14.6. The minimum absolute atomic E-state index is 0. The number of aliphatic hydroxyl groups is 1. The SMILES string of the molecule is CC(C)(C)C(=[OH+])/C=C(\O)C(C)(C)C.Cc1cc[c-]c(-c2nccc3c2ccc2ccccc23)c1.[Ir]. The van der Waals surface area contributed by atoms with E-state index in [2.05, 4.69) is 72.6 Å². The third kappa shape index (κ3) is 7.10. The molecule has 4 rings (SSSR count). The van der Waals surface area contributed by atoms with Crippen LogP contribution in [0.2, 0.25) is 0 Å². The molecule has 0 aliphatic rings. The van der Waals surface area contributed by atoms with Crippen molar-refractivity contribution < 1.29 is 30.0 Å². The molecule has 1 radical (unpaired) electrons. The molecule has 0 aliphatic carbocycles. The van der Waals surface area contributed by atoms with E-state index >= 15 is 0 Å². The zero-order valence-corrected chi connectivity index (χ0v) is 24.0. The molecule has 4 aromatic rings. The smallest absolute Gasteiger partial charge is 0.325 e. The molecule has 0 atom stereocenters. The number of rotatable bonds is 2. The Kier molecular flexibility index (Phi) is 9.17. The van der Waals surface area contributed by atoms with Crippen LogP contribution in [-0.2, 0) is 20.1 Å². The van der Waals surface area contributed by atoms with Gasteiger partial charge in [-0.05, 0) is 54.1 Å². The second-order valence-corrected chi connectivity index (χ2v) is 10.7. The molecule has 3 aromatic carbocycles. The number of carbonyl (C=O) groups excluding carboxylic acids is 1. The standard InChI is InChI=1S/C20H14N.C11H20O2.Ir/c1-14-5-4-7-16(13-14)20-19-10-9-15-6-2-3-8-17(15)18(19)11-12-21-20;1-10(2,3)8(12)7-9(13)11(4,5)6;/h2-6,8-13H,1H3;7,12H,1-6H3;/q-1;;/p+1/b;8-7-;. The van der Waals surface area contributed by atoms with Crippen molar-refractivity contribution in [3.63, 3.8) is 0 Å². The molecule has 0 fully saturated rings. The zero-order valence-electron chi connectivity index (χ0n) is 21.6. The van der Waals surface area contributed by atoms with Gasteiger partial charge in [0.05, 0.1) is 11.5 Å². The summed E-state index contributed by atoms with van der Waals surface area (Å²) in [4.78, 5) is 14.2. The number of hydrogen-bond donors (Lipinski definition) is 1. The molecule has 0 bridgehead atoms. The topological polar surface area (TPSA) is 54.5 Å². The van der Waals surface area contributed by atoms with E-state index in [9.17, 15) is 9.90 Å². The van der Waals surface area contributed by atoms with Gasteiger partial charge in [0.15, 0.2) is 0 Å². The number of nitrogens with zero attached hydrogens (tertiary/aromatic N) is 1. The van der Waals surface area contributed by atoms with E-state index in [4.69, 9.17) is 0 Å². The van der Waals surface area contributed by atoms with Gasteiger partial charge in [-0.15, -0.1) is 35.4 Å². The van der Waals surface area contributed by atoms with Crippen LogP contribution in [0.4, 0.5) is 0 Å². The van der Waals surface area contributed by atoms with Crippen molar-refractivity contribution in [1.29, 1.82) is 0 Å². The third-order valence-corrected chi connectivity index (χ3v) is 5.69. The second kappa shape index (κ2) is 11.3. The predicted octanol–water partition coefficient (Wildman–Crippen LogP) is 8.23. The summed E-state index contributed by atoms with van der Waals surface area (Å²) >= 11 is 0. The minimum atomic E-state index is -0.306. The summed E-state index contributed by atoms with van der Waals surface area (Å²) in [6.07, 6.45) is 3.33. The Hall–Kier alpha value is -2.81. The quantitative estimate of drug-likeness (QED) is 0.0785. The number of allylic oxidation sites excluding steroid dienone is 2. The van der Waals surface area contributed by atoms with Gasteiger partial charge in [-0.2, -0.15) is 0 Å². The first kappa shape index (κ1) is 28.4. The Bertz CT molecular complexity index is 1360. The molecule has 0 unspecified atom stereocenters. The molecule has 2 N–H and O–H groups in total. The Morgan fingerprint density at radius 2 is 1.57 bits per heavy atom. The van der Waals surface area contributed by atoms with Gasteiger partial charge in [-0.25, -0.2) is 0 Å². The molecule has 185 valence electrons. The van der Waals surface area contributed by atoms with Crippen molar-refractivity contribution in [2.24, 2.45) is 10.8 Å². The Morgan fingerprint density at radius 3 is 2.20 bits per heavy atom. The predicted molar refractivity (Wildman–Crippen MR) is 145 cm³/mol. The van der Waals surface area contributed by atoms with E-state index in [1.54, 1.807) is 0 Å². The van der Waals surface area contributed by atoms with Crippen LogP contribution in [0.15, 0.2) is 78.7 Å². The maximum Gasteiger partial charge on any atom is 0.325 e. The molecular weight excluding hydrogens is 611 g/mol. The van der Waals surface area contributed by atoms with Crippen molar-refractivity contribution in [2.75, 3.05) is 0 Å². The molecule has 3 nitrogen and oxygen atoms in total. The second-order valence-electron chi connectivity index (χ2n) is 10.7. The molecule has 1 aromatic heterocycles. The van der Waals surface area contributed by atoms with E-state index in [1.807, 2.05) is 53.8 Å². The van der Waals surface area contributed by atoms with Crippen LogP contribution in [0.5, 0.6) is 0 Å². The van der Waals surface area contributed by atoms with E-state index in [-0.39, 0.29) is 42.5 Å². The van der Waals surface area contributed by atoms with Crippen molar-refractivity contribution in [1.82, 2.24) is 4.98 Å². The van der Waals surface area contributed by atoms with E-state index < -0.39 is 0 Å². The molecule has 0 saturated heterocycles. The van der Waals surface area contributed by atoms with Crippen molar-refractivity contribution in [2.45, 2.75) is 48.5 Å². The van der Waals surface area contributed by atoms with Gasteiger partial charge in [0, 0.05) is 31.7 Å². The third-order valence-electron chi connectivity index (χ3n) is 5.69. The van der Waals surface area contributed by atoms with Crippen LogP contribution >= 0.6 is 0 Å². The number of fused-ring (bicyclic) bond motifs is 3. The van der Waals surface area contributed by atoms with Gasteiger partial charge in [-0.1, -0.05) is 64.1 Å². The largest absolute Gasteiger partial charge is 0.511 e. The van der Waals surface area contributed by atoms with Gasteiger partial charge in [0.1, 0.15) is 5.76 Å². The number of pyridine rings is 1. The fourth-order valence-corrected chi connectivity index (χ4v) is 3.43. The average Bonchev–Trinajstić information content (AvgIpc) is 2.77.